The number of rotatable bonds is 6. The van der Waals surface area contributed by atoms with Gasteiger partial charge in [-0.1, -0.05) is 18.6 Å². The highest BCUT2D eigenvalue weighted by Gasteiger charge is 2.30. The lowest BCUT2D eigenvalue weighted by atomic mass is 9.78. The smallest absolute Gasteiger partial charge is 0.119 e. The Morgan fingerprint density at radius 2 is 1.84 bits per heavy atom. The lowest BCUT2D eigenvalue weighted by Gasteiger charge is -2.41. The van der Waals surface area contributed by atoms with Crippen LogP contribution in [0.25, 0.3) is 0 Å². The van der Waals surface area contributed by atoms with E-state index >= 15 is 0 Å². The van der Waals surface area contributed by atoms with Crippen molar-refractivity contribution in [2.45, 2.75) is 32.2 Å². The topological polar surface area (TPSA) is 24.9 Å². The fourth-order valence-electron chi connectivity index (χ4n) is 4.78. The first-order valence-electron chi connectivity index (χ1n) is 10.1. The minimum atomic E-state index is 0.761. The predicted octanol–water partition coefficient (Wildman–Crippen LogP) is 3.02. The second-order valence-corrected chi connectivity index (χ2v) is 8.04. The predicted molar refractivity (Wildman–Crippen MR) is 99.9 cm³/mol. The first kappa shape index (κ1) is 17.3. The Bertz CT molecular complexity index is 532. The Hall–Kier alpha value is -1.10. The summed E-state index contributed by atoms with van der Waals surface area (Å²) in [7, 11) is 0. The molecule has 0 spiro atoms. The Labute approximate surface area is 152 Å². The molecule has 2 aliphatic heterocycles. The third-order valence-electron chi connectivity index (χ3n) is 6.01. The van der Waals surface area contributed by atoms with E-state index in [0.29, 0.717) is 0 Å². The Morgan fingerprint density at radius 1 is 1.04 bits per heavy atom. The van der Waals surface area contributed by atoms with Crippen LogP contribution in [-0.2, 0) is 11.3 Å². The molecule has 1 aromatic rings. The Kier molecular flexibility index (Phi) is 5.90. The van der Waals surface area contributed by atoms with E-state index in [-0.39, 0.29) is 0 Å². The van der Waals surface area contributed by atoms with E-state index in [1.54, 1.807) is 0 Å². The molecule has 4 nitrogen and oxygen atoms in total. The van der Waals surface area contributed by atoms with Crippen LogP contribution in [0.15, 0.2) is 24.3 Å². The molecule has 0 N–H and O–H groups in total. The SMILES string of the molecule is c1cc(CN2C[C@H]3CCC[C@@H](C3)C2)cc(OCCN2CCOCC2)c1. The van der Waals surface area contributed by atoms with Crippen LogP contribution < -0.4 is 4.74 Å². The number of benzene rings is 1. The van der Waals surface area contributed by atoms with Crippen LogP contribution >= 0.6 is 0 Å². The van der Waals surface area contributed by atoms with E-state index in [1.807, 2.05) is 0 Å². The first-order chi connectivity index (χ1) is 12.3. The minimum absolute atomic E-state index is 0.761. The van der Waals surface area contributed by atoms with E-state index in [4.69, 9.17) is 9.47 Å². The van der Waals surface area contributed by atoms with Crippen molar-refractivity contribution >= 4 is 0 Å². The van der Waals surface area contributed by atoms with Gasteiger partial charge in [0.25, 0.3) is 0 Å². The average molecular weight is 344 g/mol. The van der Waals surface area contributed by atoms with E-state index in [1.165, 1.54) is 44.3 Å². The van der Waals surface area contributed by atoms with Gasteiger partial charge in [-0.25, -0.2) is 0 Å². The van der Waals surface area contributed by atoms with Gasteiger partial charge in [-0.05, 0) is 48.8 Å². The molecule has 2 saturated heterocycles. The average Bonchev–Trinajstić information content (AvgIpc) is 2.63. The first-order valence-corrected chi connectivity index (χ1v) is 10.1. The van der Waals surface area contributed by atoms with E-state index < -0.39 is 0 Å². The molecule has 2 heterocycles. The van der Waals surface area contributed by atoms with Gasteiger partial charge in [0.1, 0.15) is 12.4 Å². The van der Waals surface area contributed by atoms with Crippen molar-refractivity contribution in [1.29, 1.82) is 0 Å². The molecular weight excluding hydrogens is 312 g/mol. The van der Waals surface area contributed by atoms with Crippen LogP contribution in [0.3, 0.4) is 0 Å². The lowest BCUT2D eigenvalue weighted by Crippen LogP contribution is -2.42. The van der Waals surface area contributed by atoms with Gasteiger partial charge in [0, 0.05) is 39.3 Å². The van der Waals surface area contributed by atoms with E-state index in [2.05, 4.69) is 34.1 Å². The summed E-state index contributed by atoms with van der Waals surface area (Å²) < 4.78 is 11.4. The molecule has 2 bridgehead atoms. The van der Waals surface area contributed by atoms with Crippen LogP contribution in [0, 0.1) is 11.8 Å². The summed E-state index contributed by atoms with van der Waals surface area (Å²) in [6.07, 6.45) is 5.81. The second-order valence-electron chi connectivity index (χ2n) is 8.04. The van der Waals surface area contributed by atoms with Gasteiger partial charge >= 0.3 is 0 Å². The number of likely N-dealkylation sites (tertiary alicyclic amines) is 1. The highest BCUT2D eigenvalue weighted by Crippen LogP contribution is 2.34. The molecule has 0 aromatic heterocycles. The van der Waals surface area contributed by atoms with Crippen molar-refractivity contribution in [2.24, 2.45) is 11.8 Å². The monoisotopic (exact) mass is 344 g/mol. The number of morpholine rings is 1. The summed E-state index contributed by atoms with van der Waals surface area (Å²) >= 11 is 0. The van der Waals surface area contributed by atoms with Gasteiger partial charge in [0.15, 0.2) is 0 Å². The summed E-state index contributed by atoms with van der Waals surface area (Å²) in [5.74, 6) is 2.91. The largest absolute Gasteiger partial charge is 0.492 e. The summed E-state index contributed by atoms with van der Waals surface area (Å²) in [5, 5.41) is 0. The molecule has 0 unspecified atom stereocenters. The fraction of sp³-hybridized carbons (Fsp3) is 0.714. The van der Waals surface area contributed by atoms with Crippen molar-refractivity contribution in [3.8, 4) is 5.75 Å². The molecule has 0 radical (unpaired) electrons. The maximum atomic E-state index is 6.01. The highest BCUT2D eigenvalue weighted by molar-refractivity contribution is 5.28. The number of ether oxygens (including phenoxy) is 2. The number of fused-ring (bicyclic) bond motifs is 2. The van der Waals surface area contributed by atoms with Crippen molar-refractivity contribution in [3.63, 3.8) is 0 Å². The molecule has 4 rings (SSSR count). The van der Waals surface area contributed by atoms with Gasteiger partial charge in [-0.3, -0.25) is 9.80 Å². The van der Waals surface area contributed by atoms with E-state index in [0.717, 1.165) is 63.6 Å². The second kappa shape index (κ2) is 8.52. The van der Waals surface area contributed by atoms with Crippen LogP contribution in [0.1, 0.15) is 31.2 Å². The molecule has 25 heavy (non-hydrogen) atoms. The molecule has 138 valence electrons. The molecule has 3 fully saturated rings. The quantitative estimate of drug-likeness (QED) is 0.792. The molecule has 1 saturated carbocycles. The van der Waals surface area contributed by atoms with Crippen molar-refractivity contribution < 1.29 is 9.47 Å². The fourth-order valence-corrected chi connectivity index (χ4v) is 4.78. The third-order valence-corrected chi connectivity index (χ3v) is 6.01. The zero-order chi connectivity index (χ0) is 16.9. The maximum absolute atomic E-state index is 6.01. The molecule has 1 aliphatic carbocycles. The Balaban J connectivity index is 1.26. The van der Waals surface area contributed by atoms with Crippen LogP contribution in [0.4, 0.5) is 0 Å². The molecule has 2 atom stereocenters. The number of piperidine rings is 1. The van der Waals surface area contributed by atoms with Crippen molar-refractivity contribution in [3.05, 3.63) is 29.8 Å². The maximum Gasteiger partial charge on any atom is 0.119 e. The summed E-state index contributed by atoms with van der Waals surface area (Å²) in [4.78, 5) is 5.09. The van der Waals surface area contributed by atoms with Gasteiger partial charge in [0.05, 0.1) is 13.2 Å². The molecule has 1 aromatic carbocycles. The zero-order valence-electron chi connectivity index (χ0n) is 15.4. The molecule has 0 amide bonds. The number of hydrogen-bond donors (Lipinski definition) is 0. The summed E-state index contributed by atoms with van der Waals surface area (Å²) in [6.45, 7) is 9.17. The number of hydrogen-bond acceptors (Lipinski definition) is 4. The van der Waals surface area contributed by atoms with Crippen LogP contribution in [0.2, 0.25) is 0 Å². The zero-order valence-corrected chi connectivity index (χ0v) is 15.4. The highest BCUT2D eigenvalue weighted by atomic mass is 16.5. The van der Waals surface area contributed by atoms with Crippen molar-refractivity contribution in [1.82, 2.24) is 9.80 Å². The molecular formula is C21H32N2O2. The molecule has 3 aliphatic rings. The lowest BCUT2D eigenvalue weighted by molar-refractivity contribution is 0.0322. The summed E-state index contributed by atoms with van der Waals surface area (Å²) in [5.41, 5.74) is 1.39. The van der Waals surface area contributed by atoms with Crippen molar-refractivity contribution in [2.75, 3.05) is 52.5 Å². The van der Waals surface area contributed by atoms with E-state index in [9.17, 15) is 0 Å². The van der Waals surface area contributed by atoms with Crippen LogP contribution in [-0.4, -0.2) is 62.3 Å². The summed E-state index contributed by atoms with van der Waals surface area (Å²) in [6, 6.07) is 8.72. The normalized spacial score (nSPS) is 28.0. The van der Waals surface area contributed by atoms with Gasteiger partial charge in [0.2, 0.25) is 0 Å². The third kappa shape index (κ3) is 4.96. The number of nitrogens with zero attached hydrogens (tertiary/aromatic N) is 2. The Morgan fingerprint density at radius 3 is 2.64 bits per heavy atom. The van der Waals surface area contributed by atoms with Gasteiger partial charge < -0.3 is 9.47 Å². The van der Waals surface area contributed by atoms with Crippen LogP contribution in [0.5, 0.6) is 5.75 Å². The minimum Gasteiger partial charge on any atom is -0.492 e. The standard InChI is InChI=1S/C21H32N2O2/c1-3-18-13-19(4-1)16-23(15-18)17-20-5-2-6-21(14-20)25-12-9-22-7-10-24-11-8-22/h2,5-6,14,18-19H,1,3-4,7-13,15-17H2/t18-,19-/m0/s1. The van der Waals surface area contributed by atoms with Gasteiger partial charge in [-0.15, -0.1) is 0 Å². The van der Waals surface area contributed by atoms with Gasteiger partial charge in [-0.2, -0.15) is 0 Å². The molecule has 4 heteroatoms.